The first-order valence-electron chi connectivity index (χ1n) is 7.91. The molecule has 1 unspecified atom stereocenters. The second kappa shape index (κ2) is 7.83. The summed E-state index contributed by atoms with van der Waals surface area (Å²) >= 11 is 0. The molecule has 0 aromatic heterocycles. The number of sulfonamides is 1. The first kappa shape index (κ1) is 19.2. The minimum absolute atomic E-state index is 0.103. The highest BCUT2D eigenvalue weighted by Gasteiger charge is 2.25. The smallest absolute Gasteiger partial charge is 0.342 e. The Morgan fingerprint density at radius 2 is 2.04 bits per heavy atom. The second-order valence-electron chi connectivity index (χ2n) is 5.92. The predicted molar refractivity (Wildman–Crippen MR) is 89.7 cm³/mol. The number of carbonyl (C=O) groups excluding carboxylic acids is 2. The SMILES string of the molecule is COc1ccc(S(N)(=O)=O)cc1C(=O)OCC(=O)N1CCCCC1C. The number of carbonyl (C=O) groups is 2. The van der Waals surface area contributed by atoms with Crippen LogP contribution in [-0.2, 0) is 19.6 Å². The topological polar surface area (TPSA) is 116 Å². The van der Waals surface area contributed by atoms with E-state index >= 15 is 0 Å². The summed E-state index contributed by atoms with van der Waals surface area (Å²) in [5.41, 5.74) is -0.103. The summed E-state index contributed by atoms with van der Waals surface area (Å²) in [5, 5.41) is 5.07. The van der Waals surface area contributed by atoms with Crippen molar-refractivity contribution in [2.75, 3.05) is 20.3 Å². The number of piperidine rings is 1. The molecule has 1 saturated heterocycles. The Bertz CT molecular complexity index is 762. The number of hydrogen-bond acceptors (Lipinski definition) is 6. The number of likely N-dealkylation sites (tertiary alicyclic amines) is 1. The highest BCUT2D eigenvalue weighted by molar-refractivity contribution is 7.89. The van der Waals surface area contributed by atoms with Gasteiger partial charge < -0.3 is 14.4 Å². The van der Waals surface area contributed by atoms with Crippen molar-refractivity contribution in [3.63, 3.8) is 0 Å². The summed E-state index contributed by atoms with van der Waals surface area (Å²) in [6.07, 6.45) is 2.92. The van der Waals surface area contributed by atoms with Gasteiger partial charge in [-0.15, -0.1) is 0 Å². The number of methoxy groups -OCH3 is 1. The molecule has 1 aliphatic rings. The Morgan fingerprint density at radius 1 is 1.32 bits per heavy atom. The molecule has 0 bridgehead atoms. The number of nitrogens with two attached hydrogens (primary N) is 1. The summed E-state index contributed by atoms with van der Waals surface area (Å²) in [6.45, 7) is 2.19. The van der Waals surface area contributed by atoms with Gasteiger partial charge in [0.1, 0.15) is 11.3 Å². The van der Waals surface area contributed by atoms with Gasteiger partial charge in [-0.25, -0.2) is 18.4 Å². The van der Waals surface area contributed by atoms with Gasteiger partial charge in [0, 0.05) is 12.6 Å². The van der Waals surface area contributed by atoms with Crippen molar-refractivity contribution >= 4 is 21.9 Å². The maximum atomic E-state index is 12.3. The normalized spacial score (nSPS) is 17.9. The lowest BCUT2D eigenvalue weighted by Gasteiger charge is -2.33. The van der Waals surface area contributed by atoms with Gasteiger partial charge in [-0.2, -0.15) is 0 Å². The van der Waals surface area contributed by atoms with Crippen LogP contribution in [0.2, 0.25) is 0 Å². The molecule has 1 atom stereocenters. The van der Waals surface area contributed by atoms with Gasteiger partial charge in [0.05, 0.1) is 12.0 Å². The fourth-order valence-corrected chi connectivity index (χ4v) is 3.32. The molecule has 9 heteroatoms. The number of ether oxygens (including phenoxy) is 2. The van der Waals surface area contributed by atoms with Gasteiger partial charge >= 0.3 is 5.97 Å². The van der Waals surface area contributed by atoms with Crippen LogP contribution in [0.25, 0.3) is 0 Å². The van der Waals surface area contributed by atoms with Crippen LogP contribution >= 0.6 is 0 Å². The van der Waals surface area contributed by atoms with Crippen LogP contribution in [0.4, 0.5) is 0 Å². The number of hydrogen-bond donors (Lipinski definition) is 1. The number of esters is 1. The molecular formula is C16H22N2O6S. The fraction of sp³-hybridized carbons (Fsp3) is 0.500. The van der Waals surface area contributed by atoms with Crippen molar-refractivity contribution in [3.8, 4) is 5.75 Å². The lowest BCUT2D eigenvalue weighted by Crippen LogP contribution is -2.44. The highest BCUT2D eigenvalue weighted by Crippen LogP contribution is 2.23. The van der Waals surface area contributed by atoms with Crippen LogP contribution in [0, 0.1) is 0 Å². The molecule has 1 heterocycles. The third-order valence-corrected chi connectivity index (χ3v) is 5.08. The van der Waals surface area contributed by atoms with Crippen LogP contribution in [0.1, 0.15) is 36.5 Å². The van der Waals surface area contributed by atoms with E-state index in [4.69, 9.17) is 14.6 Å². The Labute approximate surface area is 146 Å². The maximum Gasteiger partial charge on any atom is 0.342 e. The molecule has 0 spiro atoms. The lowest BCUT2D eigenvalue weighted by molar-refractivity contribution is -0.137. The third-order valence-electron chi connectivity index (χ3n) is 4.17. The quantitative estimate of drug-likeness (QED) is 0.770. The molecule has 1 fully saturated rings. The van der Waals surface area contributed by atoms with Gasteiger partial charge in [0.15, 0.2) is 6.61 Å². The number of benzene rings is 1. The Balaban J connectivity index is 2.11. The second-order valence-corrected chi connectivity index (χ2v) is 7.48. The van der Waals surface area contributed by atoms with Crippen LogP contribution in [-0.4, -0.2) is 51.5 Å². The zero-order valence-electron chi connectivity index (χ0n) is 14.2. The van der Waals surface area contributed by atoms with Crippen molar-refractivity contribution in [1.29, 1.82) is 0 Å². The Morgan fingerprint density at radius 3 is 2.64 bits per heavy atom. The fourth-order valence-electron chi connectivity index (χ4n) is 2.78. The molecule has 2 N–H and O–H groups in total. The highest BCUT2D eigenvalue weighted by atomic mass is 32.2. The van der Waals surface area contributed by atoms with E-state index in [-0.39, 0.29) is 28.2 Å². The predicted octanol–water partition coefficient (Wildman–Crippen LogP) is 0.900. The van der Waals surface area contributed by atoms with E-state index in [1.54, 1.807) is 4.90 Å². The molecule has 1 amide bonds. The van der Waals surface area contributed by atoms with Gasteiger partial charge in [-0.05, 0) is 44.4 Å². The molecule has 8 nitrogen and oxygen atoms in total. The average Bonchev–Trinajstić information content (AvgIpc) is 2.58. The summed E-state index contributed by atoms with van der Waals surface area (Å²) in [7, 11) is -2.64. The van der Waals surface area contributed by atoms with E-state index in [2.05, 4.69) is 0 Å². The monoisotopic (exact) mass is 370 g/mol. The summed E-state index contributed by atoms with van der Waals surface area (Å²) < 4.78 is 33.0. The lowest BCUT2D eigenvalue weighted by atomic mass is 10.0. The minimum Gasteiger partial charge on any atom is -0.496 e. The average molecular weight is 370 g/mol. The molecule has 0 radical (unpaired) electrons. The van der Waals surface area contributed by atoms with Crippen LogP contribution < -0.4 is 9.88 Å². The van der Waals surface area contributed by atoms with Gasteiger partial charge in [-0.3, -0.25) is 4.79 Å². The van der Waals surface area contributed by atoms with Crippen molar-refractivity contribution in [2.45, 2.75) is 37.1 Å². The Kier molecular flexibility index (Phi) is 6.02. The molecule has 0 saturated carbocycles. The summed E-state index contributed by atoms with van der Waals surface area (Å²) in [5.74, 6) is -0.987. The molecule has 1 aliphatic heterocycles. The van der Waals surface area contributed by atoms with E-state index in [0.29, 0.717) is 6.54 Å². The van der Waals surface area contributed by atoms with E-state index < -0.39 is 22.6 Å². The van der Waals surface area contributed by atoms with Crippen LogP contribution in [0.15, 0.2) is 23.1 Å². The number of amides is 1. The molecule has 1 aromatic carbocycles. The maximum absolute atomic E-state index is 12.3. The van der Waals surface area contributed by atoms with Crippen molar-refractivity contribution in [1.82, 2.24) is 4.90 Å². The molecule has 1 aromatic rings. The van der Waals surface area contributed by atoms with Crippen molar-refractivity contribution in [3.05, 3.63) is 23.8 Å². The first-order chi connectivity index (χ1) is 11.7. The molecule has 0 aliphatic carbocycles. The largest absolute Gasteiger partial charge is 0.496 e. The van der Waals surface area contributed by atoms with Gasteiger partial charge in [0.25, 0.3) is 5.91 Å². The number of nitrogens with zero attached hydrogens (tertiary/aromatic N) is 1. The number of primary sulfonamides is 1. The minimum atomic E-state index is -3.98. The van der Waals surface area contributed by atoms with Crippen molar-refractivity contribution < 1.29 is 27.5 Å². The summed E-state index contributed by atoms with van der Waals surface area (Å²) in [6, 6.07) is 3.72. The first-order valence-corrected chi connectivity index (χ1v) is 9.46. The Hall–Kier alpha value is -2.13. The summed E-state index contributed by atoms with van der Waals surface area (Å²) in [4.78, 5) is 25.9. The molecule has 138 valence electrons. The van der Waals surface area contributed by atoms with Gasteiger partial charge in [-0.1, -0.05) is 0 Å². The number of rotatable bonds is 5. The zero-order valence-corrected chi connectivity index (χ0v) is 15.0. The van der Waals surface area contributed by atoms with Crippen molar-refractivity contribution in [2.24, 2.45) is 5.14 Å². The standard InChI is InChI=1S/C16H22N2O6S/c1-11-5-3-4-8-18(11)15(19)10-24-16(20)13-9-12(25(17,21)22)6-7-14(13)23-2/h6-7,9,11H,3-5,8,10H2,1-2H3,(H2,17,21,22). The van der Waals surface area contributed by atoms with E-state index in [9.17, 15) is 18.0 Å². The zero-order chi connectivity index (χ0) is 18.6. The molecule has 25 heavy (non-hydrogen) atoms. The van der Waals surface area contributed by atoms with E-state index in [1.165, 1.54) is 19.2 Å². The van der Waals surface area contributed by atoms with Gasteiger partial charge in [0.2, 0.25) is 10.0 Å². The van der Waals surface area contributed by atoms with Crippen LogP contribution in [0.5, 0.6) is 5.75 Å². The third kappa shape index (κ3) is 4.70. The van der Waals surface area contributed by atoms with E-state index in [1.807, 2.05) is 6.92 Å². The molecular weight excluding hydrogens is 348 g/mol. The molecule has 2 rings (SSSR count). The van der Waals surface area contributed by atoms with E-state index in [0.717, 1.165) is 25.3 Å². The van der Waals surface area contributed by atoms with Crippen LogP contribution in [0.3, 0.4) is 0 Å².